The zero-order valence-corrected chi connectivity index (χ0v) is 6.27. The molecule has 60 valence electrons. The molecule has 0 saturated heterocycles. The number of hydrogen-bond donors (Lipinski definition) is 0. The van der Waals surface area contributed by atoms with E-state index in [1.165, 1.54) is 0 Å². The third-order valence-corrected chi connectivity index (χ3v) is 2.81. The van der Waals surface area contributed by atoms with E-state index in [0.29, 0.717) is 5.92 Å². The second-order valence-corrected chi connectivity index (χ2v) is 3.47. The molecule has 0 amide bonds. The standard InChI is InChI=1S/C8H11NO2/c10-9(11)8-5-6-1-3-7(8)4-2-6/h1,3,6-8H,2,4-5H2/t6-,7+,8-/m1/s1. The van der Waals surface area contributed by atoms with E-state index in [9.17, 15) is 10.1 Å². The van der Waals surface area contributed by atoms with Gasteiger partial charge in [0.2, 0.25) is 6.04 Å². The van der Waals surface area contributed by atoms with Crippen molar-refractivity contribution in [1.82, 2.24) is 0 Å². The molecular weight excluding hydrogens is 142 g/mol. The molecule has 1 fully saturated rings. The van der Waals surface area contributed by atoms with Gasteiger partial charge in [0.25, 0.3) is 0 Å². The first-order valence-corrected chi connectivity index (χ1v) is 4.09. The molecule has 3 aliphatic carbocycles. The van der Waals surface area contributed by atoms with E-state index < -0.39 is 0 Å². The fourth-order valence-electron chi connectivity index (χ4n) is 2.14. The molecule has 0 N–H and O–H groups in total. The fourth-order valence-corrected chi connectivity index (χ4v) is 2.14. The highest BCUT2D eigenvalue weighted by Gasteiger charge is 2.39. The molecule has 3 heteroatoms. The van der Waals surface area contributed by atoms with Crippen molar-refractivity contribution in [1.29, 1.82) is 0 Å². The molecule has 3 nitrogen and oxygen atoms in total. The van der Waals surface area contributed by atoms with Crippen molar-refractivity contribution in [2.24, 2.45) is 11.8 Å². The van der Waals surface area contributed by atoms with Gasteiger partial charge in [-0.3, -0.25) is 10.1 Å². The van der Waals surface area contributed by atoms with Gasteiger partial charge in [-0.25, -0.2) is 0 Å². The summed E-state index contributed by atoms with van der Waals surface area (Å²) in [7, 11) is 0. The van der Waals surface area contributed by atoms with Gasteiger partial charge in [-0.2, -0.15) is 0 Å². The van der Waals surface area contributed by atoms with Gasteiger partial charge in [-0.1, -0.05) is 12.2 Å². The third kappa shape index (κ3) is 1.04. The summed E-state index contributed by atoms with van der Waals surface area (Å²) in [6.07, 6.45) is 7.13. The maximum atomic E-state index is 10.5. The van der Waals surface area contributed by atoms with Crippen LogP contribution in [0.1, 0.15) is 19.3 Å². The van der Waals surface area contributed by atoms with Crippen LogP contribution in [0.5, 0.6) is 0 Å². The van der Waals surface area contributed by atoms with Crippen molar-refractivity contribution >= 4 is 0 Å². The first-order valence-electron chi connectivity index (χ1n) is 4.09. The van der Waals surface area contributed by atoms with Crippen LogP contribution in [-0.4, -0.2) is 11.0 Å². The zero-order valence-electron chi connectivity index (χ0n) is 6.27. The highest BCUT2D eigenvalue weighted by Crippen LogP contribution is 2.37. The van der Waals surface area contributed by atoms with E-state index in [4.69, 9.17) is 0 Å². The number of allylic oxidation sites excluding steroid dienone is 1. The second kappa shape index (κ2) is 2.32. The van der Waals surface area contributed by atoms with Gasteiger partial charge in [-0.15, -0.1) is 0 Å². The van der Waals surface area contributed by atoms with Crippen LogP contribution >= 0.6 is 0 Å². The SMILES string of the molecule is O=[N+]([O-])[C@@H]1C[C@@H]2C=C[C@H]1CC2. The number of fused-ring (bicyclic) bond motifs is 2. The molecule has 0 unspecified atom stereocenters. The zero-order chi connectivity index (χ0) is 7.84. The number of nitrogens with zero attached hydrogens (tertiary/aromatic N) is 1. The Kier molecular flexibility index (Phi) is 1.44. The highest BCUT2D eigenvalue weighted by molar-refractivity contribution is 5.06. The maximum absolute atomic E-state index is 10.5. The minimum atomic E-state index is -0.279. The van der Waals surface area contributed by atoms with Crippen LogP contribution in [0.3, 0.4) is 0 Å². The van der Waals surface area contributed by atoms with E-state index in [1.807, 2.05) is 6.08 Å². The smallest absolute Gasteiger partial charge is 0.219 e. The average Bonchev–Trinajstić information content (AvgIpc) is 2.06. The van der Waals surface area contributed by atoms with Crippen molar-refractivity contribution in [2.45, 2.75) is 25.3 Å². The van der Waals surface area contributed by atoms with Crippen LogP contribution < -0.4 is 0 Å². The Hall–Kier alpha value is -0.860. The predicted molar refractivity (Wildman–Crippen MR) is 40.8 cm³/mol. The van der Waals surface area contributed by atoms with Gasteiger partial charge in [0, 0.05) is 17.3 Å². The molecule has 11 heavy (non-hydrogen) atoms. The van der Waals surface area contributed by atoms with Crippen molar-refractivity contribution in [2.75, 3.05) is 0 Å². The largest absolute Gasteiger partial charge is 0.264 e. The van der Waals surface area contributed by atoms with E-state index in [0.717, 1.165) is 19.3 Å². The van der Waals surface area contributed by atoms with Crippen molar-refractivity contribution in [3.63, 3.8) is 0 Å². The van der Waals surface area contributed by atoms with E-state index in [-0.39, 0.29) is 16.9 Å². The quantitative estimate of drug-likeness (QED) is 0.326. The van der Waals surface area contributed by atoms with Crippen LogP contribution in [0, 0.1) is 22.0 Å². The molecule has 1 saturated carbocycles. The average molecular weight is 153 g/mol. The number of hydrogen-bond acceptors (Lipinski definition) is 2. The summed E-state index contributed by atoms with van der Waals surface area (Å²) in [6.45, 7) is 0. The molecule has 3 rings (SSSR count). The van der Waals surface area contributed by atoms with Crippen LogP contribution in [0.4, 0.5) is 0 Å². The van der Waals surface area contributed by atoms with Crippen molar-refractivity contribution in [3.05, 3.63) is 22.3 Å². The van der Waals surface area contributed by atoms with Crippen LogP contribution in [-0.2, 0) is 0 Å². The summed E-state index contributed by atoms with van der Waals surface area (Å²) < 4.78 is 0. The molecule has 3 atom stereocenters. The van der Waals surface area contributed by atoms with Gasteiger partial charge < -0.3 is 0 Å². The van der Waals surface area contributed by atoms with Crippen LogP contribution in [0.2, 0.25) is 0 Å². The Morgan fingerprint density at radius 2 is 2.18 bits per heavy atom. The van der Waals surface area contributed by atoms with Gasteiger partial charge in [0.1, 0.15) is 0 Å². The lowest BCUT2D eigenvalue weighted by atomic mass is 9.73. The monoisotopic (exact) mass is 153 g/mol. The molecule has 0 aliphatic heterocycles. The van der Waals surface area contributed by atoms with E-state index in [2.05, 4.69) is 6.08 Å². The summed E-state index contributed by atoms with van der Waals surface area (Å²) in [5.41, 5.74) is 0. The Labute approximate surface area is 65.2 Å². The molecule has 3 aliphatic rings. The molecular formula is C8H11NO2. The van der Waals surface area contributed by atoms with E-state index >= 15 is 0 Å². The normalized spacial score (nSPS) is 40.9. The molecule has 0 heterocycles. The predicted octanol–water partition coefficient (Wildman–Crippen LogP) is 1.62. The maximum Gasteiger partial charge on any atom is 0.219 e. The fraction of sp³-hybridized carbons (Fsp3) is 0.750. The Morgan fingerprint density at radius 1 is 1.36 bits per heavy atom. The van der Waals surface area contributed by atoms with Crippen LogP contribution in [0.25, 0.3) is 0 Å². The third-order valence-electron chi connectivity index (χ3n) is 2.81. The first-order chi connectivity index (χ1) is 5.27. The molecule has 2 bridgehead atoms. The molecule has 0 radical (unpaired) electrons. The lowest BCUT2D eigenvalue weighted by Gasteiger charge is -2.32. The van der Waals surface area contributed by atoms with Gasteiger partial charge >= 0.3 is 0 Å². The van der Waals surface area contributed by atoms with Crippen molar-refractivity contribution < 1.29 is 4.92 Å². The topological polar surface area (TPSA) is 43.1 Å². The molecule has 0 spiro atoms. The first kappa shape index (κ1) is 6.83. The summed E-state index contributed by atoms with van der Waals surface area (Å²) in [5, 5.41) is 10.5. The molecule has 0 aromatic rings. The lowest BCUT2D eigenvalue weighted by Crippen LogP contribution is -2.37. The second-order valence-electron chi connectivity index (χ2n) is 3.47. The number of rotatable bonds is 1. The van der Waals surface area contributed by atoms with Crippen LogP contribution in [0.15, 0.2) is 12.2 Å². The summed E-state index contributed by atoms with van der Waals surface area (Å²) >= 11 is 0. The summed E-state index contributed by atoms with van der Waals surface area (Å²) in [4.78, 5) is 10.4. The summed E-state index contributed by atoms with van der Waals surface area (Å²) in [6, 6.07) is -0.279. The van der Waals surface area contributed by atoms with E-state index in [1.54, 1.807) is 0 Å². The Morgan fingerprint density at radius 3 is 2.45 bits per heavy atom. The highest BCUT2D eigenvalue weighted by atomic mass is 16.6. The van der Waals surface area contributed by atoms with Gasteiger partial charge in [-0.05, 0) is 18.8 Å². The minimum Gasteiger partial charge on any atom is -0.264 e. The van der Waals surface area contributed by atoms with Crippen molar-refractivity contribution in [3.8, 4) is 0 Å². The van der Waals surface area contributed by atoms with Gasteiger partial charge in [0.05, 0.1) is 0 Å². The number of nitro groups is 1. The Bertz CT molecular complexity index is 212. The molecule has 0 aromatic heterocycles. The lowest BCUT2D eigenvalue weighted by molar-refractivity contribution is -0.535. The molecule has 0 aromatic carbocycles. The minimum absolute atomic E-state index is 0.111. The van der Waals surface area contributed by atoms with Gasteiger partial charge in [0.15, 0.2) is 0 Å². The Balaban J connectivity index is 2.17. The summed E-state index contributed by atoms with van der Waals surface area (Å²) in [5.74, 6) is 0.727.